The maximum atomic E-state index is 13.1. The van der Waals surface area contributed by atoms with Crippen LogP contribution in [0.1, 0.15) is 5.56 Å². The van der Waals surface area contributed by atoms with Crippen LogP contribution in [-0.2, 0) is 0 Å². The van der Waals surface area contributed by atoms with E-state index >= 15 is 0 Å². The lowest BCUT2D eigenvalue weighted by Crippen LogP contribution is -2.18. The second-order valence-corrected chi connectivity index (χ2v) is 7.37. The van der Waals surface area contributed by atoms with Gasteiger partial charge in [-0.2, -0.15) is 0 Å². The highest BCUT2D eigenvalue weighted by molar-refractivity contribution is 9.10. The smallest absolute Gasteiger partial charge is 0.267 e. The number of benzene rings is 2. The molecule has 0 N–H and O–H groups in total. The maximum Gasteiger partial charge on any atom is 0.267 e. The average molecular weight is 397 g/mol. The lowest BCUT2D eigenvalue weighted by Gasteiger charge is -2.06. The molecule has 5 heteroatoms. The first kappa shape index (κ1) is 15.3. The molecule has 118 valence electrons. The Labute approximate surface area is 151 Å². The molecule has 0 aliphatic carbocycles. The van der Waals surface area contributed by atoms with Gasteiger partial charge in [-0.05, 0) is 36.8 Å². The van der Waals surface area contributed by atoms with E-state index in [4.69, 9.17) is 0 Å². The molecule has 2 heterocycles. The molecule has 24 heavy (non-hydrogen) atoms. The summed E-state index contributed by atoms with van der Waals surface area (Å²) in [6.45, 7) is 2.05. The van der Waals surface area contributed by atoms with Gasteiger partial charge < -0.3 is 0 Å². The van der Waals surface area contributed by atoms with Gasteiger partial charge in [0.05, 0.1) is 11.1 Å². The molecule has 3 nitrogen and oxygen atoms in total. The zero-order chi connectivity index (χ0) is 16.7. The molecule has 0 amide bonds. The Hall–Kier alpha value is -2.24. The number of aryl methyl sites for hydroxylation is 1. The van der Waals surface area contributed by atoms with Gasteiger partial charge in [0.25, 0.3) is 5.56 Å². The van der Waals surface area contributed by atoms with E-state index in [2.05, 4.69) is 40.0 Å². The third kappa shape index (κ3) is 2.60. The quantitative estimate of drug-likeness (QED) is 0.467. The zero-order valence-corrected chi connectivity index (χ0v) is 15.3. The van der Waals surface area contributed by atoms with E-state index in [0.29, 0.717) is 5.39 Å². The van der Waals surface area contributed by atoms with Gasteiger partial charge in [0, 0.05) is 15.4 Å². The second kappa shape index (κ2) is 6.00. The van der Waals surface area contributed by atoms with Crippen molar-refractivity contribution >= 4 is 37.5 Å². The molecule has 4 rings (SSSR count). The van der Waals surface area contributed by atoms with Gasteiger partial charge in [0.15, 0.2) is 0 Å². The van der Waals surface area contributed by atoms with E-state index in [1.54, 1.807) is 10.9 Å². The monoisotopic (exact) mass is 396 g/mol. The van der Waals surface area contributed by atoms with Crippen LogP contribution in [0.5, 0.6) is 0 Å². The molecule has 0 aliphatic heterocycles. The van der Waals surface area contributed by atoms with Crippen molar-refractivity contribution in [2.24, 2.45) is 0 Å². The number of nitrogens with zero attached hydrogens (tertiary/aromatic N) is 2. The zero-order valence-electron chi connectivity index (χ0n) is 12.9. The van der Waals surface area contributed by atoms with Crippen molar-refractivity contribution in [3.63, 3.8) is 0 Å². The second-order valence-electron chi connectivity index (χ2n) is 5.59. The Morgan fingerprint density at radius 1 is 1.04 bits per heavy atom. The highest BCUT2D eigenvalue weighted by Gasteiger charge is 2.14. The Morgan fingerprint density at radius 2 is 1.75 bits per heavy atom. The van der Waals surface area contributed by atoms with Gasteiger partial charge in [-0.3, -0.25) is 9.36 Å². The molecular weight excluding hydrogens is 384 g/mol. The maximum absolute atomic E-state index is 13.1. The molecule has 0 aliphatic rings. The molecule has 0 atom stereocenters. The summed E-state index contributed by atoms with van der Waals surface area (Å²) in [6, 6.07) is 15.8. The number of hydrogen-bond donors (Lipinski definition) is 0. The molecule has 2 aromatic heterocycles. The lowest BCUT2D eigenvalue weighted by molar-refractivity contribution is 0.966. The van der Waals surface area contributed by atoms with Gasteiger partial charge >= 0.3 is 0 Å². The molecule has 0 unspecified atom stereocenters. The van der Waals surface area contributed by atoms with E-state index in [1.807, 2.05) is 41.8 Å². The SMILES string of the molecule is Cc1ccc(-c2csc3ncn(-c4ccc(Br)cc4)c(=O)c23)cc1. The number of aromatic nitrogens is 2. The summed E-state index contributed by atoms with van der Waals surface area (Å²) < 4.78 is 2.57. The van der Waals surface area contributed by atoms with E-state index < -0.39 is 0 Å². The topological polar surface area (TPSA) is 34.9 Å². The summed E-state index contributed by atoms with van der Waals surface area (Å²) >= 11 is 4.92. The van der Waals surface area contributed by atoms with Crippen molar-refractivity contribution in [3.05, 3.63) is 80.6 Å². The van der Waals surface area contributed by atoms with E-state index in [1.165, 1.54) is 16.9 Å². The number of hydrogen-bond acceptors (Lipinski definition) is 3. The van der Waals surface area contributed by atoms with Crippen molar-refractivity contribution in [3.8, 4) is 16.8 Å². The van der Waals surface area contributed by atoms with Gasteiger partial charge in [-0.25, -0.2) is 4.98 Å². The third-order valence-corrected chi connectivity index (χ3v) is 5.38. The minimum Gasteiger partial charge on any atom is -0.268 e. The van der Waals surface area contributed by atoms with Crippen molar-refractivity contribution < 1.29 is 0 Å². The van der Waals surface area contributed by atoms with Crippen LogP contribution in [-0.4, -0.2) is 9.55 Å². The number of fused-ring (bicyclic) bond motifs is 1. The first-order chi connectivity index (χ1) is 11.6. The fraction of sp³-hybridized carbons (Fsp3) is 0.0526. The van der Waals surface area contributed by atoms with E-state index in [-0.39, 0.29) is 5.56 Å². The molecule has 4 aromatic rings. The fourth-order valence-electron chi connectivity index (χ4n) is 2.66. The van der Waals surface area contributed by atoms with E-state index in [0.717, 1.165) is 26.1 Å². The Kier molecular flexibility index (Phi) is 3.82. The number of thiophene rings is 1. The molecule has 0 fully saturated rings. The standard InChI is InChI=1S/C19H13BrN2OS/c1-12-2-4-13(5-3-12)16-10-24-18-17(16)19(23)22(11-21-18)15-8-6-14(20)7-9-15/h2-11H,1H3. The van der Waals surface area contributed by atoms with Gasteiger partial charge in [0.2, 0.25) is 0 Å². The van der Waals surface area contributed by atoms with Gasteiger partial charge in [-0.15, -0.1) is 11.3 Å². The summed E-state index contributed by atoms with van der Waals surface area (Å²) in [5.41, 5.74) is 3.94. The number of halogens is 1. The lowest BCUT2D eigenvalue weighted by atomic mass is 10.1. The highest BCUT2D eigenvalue weighted by atomic mass is 79.9. The van der Waals surface area contributed by atoms with Crippen LogP contribution in [0.3, 0.4) is 0 Å². The van der Waals surface area contributed by atoms with Crippen LogP contribution >= 0.6 is 27.3 Å². The van der Waals surface area contributed by atoms with Crippen LogP contribution in [0, 0.1) is 6.92 Å². The van der Waals surface area contributed by atoms with Crippen molar-refractivity contribution in [2.45, 2.75) is 6.92 Å². The molecule has 0 saturated carbocycles. The first-order valence-corrected chi connectivity index (χ1v) is 9.12. The van der Waals surface area contributed by atoms with Crippen molar-refractivity contribution in [2.75, 3.05) is 0 Å². The normalized spacial score (nSPS) is 11.1. The van der Waals surface area contributed by atoms with Crippen LogP contribution in [0.25, 0.3) is 27.0 Å². The van der Waals surface area contributed by atoms with E-state index in [9.17, 15) is 4.79 Å². The van der Waals surface area contributed by atoms with Crippen LogP contribution in [0.2, 0.25) is 0 Å². The number of rotatable bonds is 2. The van der Waals surface area contributed by atoms with Crippen molar-refractivity contribution in [1.82, 2.24) is 9.55 Å². The predicted molar refractivity (Wildman–Crippen MR) is 103 cm³/mol. The molecule has 2 aromatic carbocycles. The Morgan fingerprint density at radius 3 is 2.46 bits per heavy atom. The van der Waals surface area contributed by atoms with Crippen LogP contribution < -0.4 is 5.56 Å². The Balaban J connectivity index is 1.95. The molecular formula is C19H13BrN2OS. The van der Waals surface area contributed by atoms with Gasteiger partial charge in [0.1, 0.15) is 11.2 Å². The summed E-state index contributed by atoms with van der Waals surface area (Å²) in [7, 11) is 0. The summed E-state index contributed by atoms with van der Waals surface area (Å²) in [5.74, 6) is 0. The molecule has 0 saturated heterocycles. The molecule has 0 spiro atoms. The summed E-state index contributed by atoms with van der Waals surface area (Å²) in [5, 5.41) is 2.68. The first-order valence-electron chi connectivity index (χ1n) is 7.45. The minimum atomic E-state index is -0.0425. The van der Waals surface area contributed by atoms with Crippen LogP contribution in [0.4, 0.5) is 0 Å². The fourth-order valence-corrected chi connectivity index (χ4v) is 3.83. The largest absolute Gasteiger partial charge is 0.268 e. The Bertz CT molecular complexity index is 1080. The van der Waals surface area contributed by atoms with Gasteiger partial charge in [-0.1, -0.05) is 45.8 Å². The van der Waals surface area contributed by atoms with Crippen LogP contribution in [0.15, 0.2) is 69.5 Å². The van der Waals surface area contributed by atoms with Crippen molar-refractivity contribution in [1.29, 1.82) is 0 Å². The average Bonchev–Trinajstić information content (AvgIpc) is 3.02. The highest BCUT2D eigenvalue weighted by Crippen LogP contribution is 2.31. The third-order valence-electron chi connectivity index (χ3n) is 3.96. The molecule has 0 bridgehead atoms. The molecule has 0 radical (unpaired) electrons. The minimum absolute atomic E-state index is 0.0425. The predicted octanol–water partition coefficient (Wildman–Crippen LogP) is 5.19. The summed E-state index contributed by atoms with van der Waals surface area (Å²) in [6.07, 6.45) is 1.60. The summed E-state index contributed by atoms with van der Waals surface area (Å²) in [4.78, 5) is 18.3.